The molecule has 0 aromatic carbocycles. The number of carbonyl (C=O) groups excluding carboxylic acids is 1. The van der Waals surface area contributed by atoms with Crippen molar-refractivity contribution >= 4 is 28.2 Å². The number of aromatic nitrogens is 1. The van der Waals surface area contributed by atoms with Crippen LogP contribution in [0.4, 0.5) is 10.9 Å². The summed E-state index contributed by atoms with van der Waals surface area (Å²) < 4.78 is 0. The Hall–Kier alpha value is -1.30. The average molecular weight is 282 g/mol. The number of nitrogen functional groups attached to an aromatic ring is 1. The van der Waals surface area contributed by atoms with Crippen LogP contribution in [0.25, 0.3) is 0 Å². The highest BCUT2D eigenvalue weighted by atomic mass is 32.1. The number of carbonyl (C=O) groups is 1. The highest BCUT2D eigenvalue weighted by Crippen LogP contribution is 2.28. The molecular formula is C13H22N4OS. The van der Waals surface area contributed by atoms with Gasteiger partial charge in [0.05, 0.1) is 0 Å². The van der Waals surface area contributed by atoms with Gasteiger partial charge in [-0.3, -0.25) is 4.79 Å². The van der Waals surface area contributed by atoms with Gasteiger partial charge in [-0.05, 0) is 31.6 Å². The van der Waals surface area contributed by atoms with Crippen LogP contribution in [0.5, 0.6) is 0 Å². The first-order valence-corrected chi connectivity index (χ1v) is 7.53. The van der Waals surface area contributed by atoms with Crippen molar-refractivity contribution < 1.29 is 4.79 Å². The topological polar surface area (TPSA) is 71.2 Å². The Labute approximate surface area is 118 Å². The molecular weight excluding hydrogens is 260 g/mol. The van der Waals surface area contributed by atoms with Crippen molar-refractivity contribution in [1.29, 1.82) is 0 Å². The molecule has 1 heterocycles. The normalized spacial score (nSPS) is 23.1. The Morgan fingerprint density at radius 1 is 1.37 bits per heavy atom. The van der Waals surface area contributed by atoms with Gasteiger partial charge in [-0.25, -0.2) is 4.98 Å². The Kier molecular flexibility index (Phi) is 4.29. The van der Waals surface area contributed by atoms with Crippen LogP contribution < -0.4 is 16.0 Å². The molecule has 5 nitrogen and oxygen atoms in total. The quantitative estimate of drug-likeness (QED) is 0.890. The maximum Gasteiger partial charge on any atom is 0.265 e. The molecule has 1 aliphatic rings. The molecule has 1 amide bonds. The summed E-state index contributed by atoms with van der Waals surface area (Å²) in [5, 5.41) is 3.85. The molecule has 0 spiro atoms. The predicted octanol–water partition coefficient (Wildman–Crippen LogP) is 2.10. The Morgan fingerprint density at radius 2 is 2.00 bits per heavy atom. The van der Waals surface area contributed by atoms with E-state index in [4.69, 9.17) is 5.73 Å². The van der Waals surface area contributed by atoms with Crippen molar-refractivity contribution in [1.82, 2.24) is 10.3 Å². The molecule has 3 N–H and O–H groups in total. The van der Waals surface area contributed by atoms with Gasteiger partial charge in [0, 0.05) is 20.1 Å². The summed E-state index contributed by atoms with van der Waals surface area (Å²) in [5.41, 5.74) is 5.82. The molecule has 0 atom stereocenters. The van der Waals surface area contributed by atoms with Gasteiger partial charge in [0.15, 0.2) is 5.13 Å². The highest BCUT2D eigenvalue weighted by Gasteiger charge is 2.23. The van der Waals surface area contributed by atoms with Crippen LogP contribution in [0.15, 0.2) is 0 Å². The van der Waals surface area contributed by atoms with E-state index in [-0.39, 0.29) is 11.9 Å². The fraction of sp³-hybridized carbons (Fsp3) is 0.692. The number of nitrogens with zero attached hydrogens (tertiary/aromatic N) is 2. The first-order valence-electron chi connectivity index (χ1n) is 6.72. The van der Waals surface area contributed by atoms with Crippen LogP contribution in [0.1, 0.15) is 42.3 Å². The molecule has 0 radical (unpaired) electrons. The summed E-state index contributed by atoms with van der Waals surface area (Å²) in [7, 11) is 3.78. The average Bonchev–Trinajstić information content (AvgIpc) is 2.74. The number of hydrogen-bond acceptors (Lipinski definition) is 5. The number of nitrogens with two attached hydrogens (primary N) is 1. The van der Waals surface area contributed by atoms with Crippen molar-refractivity contribution in [2.45, 2.75) is 38.6 Å². The minimum atomic E-state index is -0.0809. The summed E-state index contributed by atoms with van der Waals surface area (Å²) in [6.45, 7) is 2.27. The number of amides is 1. The first kappa shape index (κ1) is 14.1. The van der Waals surface area contributed by atoms with Crippen LogP contribution in [0.2, 0.25) is 0 Å². The third-order valence-electron chi connectivity index (χ3n) is 3.58. The molecule has 1 aliphatic carbocycles. The van der Waals surface area contributed by atoms with Crippen LogP contribution >= 0.6 is 11.3 Å². The van der Waals surface area contributed by atoms with Gasteiger partial charge < -0.3 is 16.0 Å². The fourth-order valence-electron chi connectivity index (χ4n) is 2.33. The van der Waals surface area contributed by atoms with Crippen molar-refractivity contribution in [2.75, 3.05) is 24.7 Å². The van der Waals surface area contributed by atoms with Gasteiger partial charge in [0.2, 0.25) is 0 Å². The van der Waals surface area contributed by atoms with Crippen LogP contribution in [-0.2, 0) is 0 Å². The monoisotopic (exact) mass is 282 g/mol. The van der Waals surface area contributed by atoms with Crippen molar-refractivity contribution in [2.24, 2.45) is 5.92 Å². The van der Waals surface area contributed by atoms with E-state index < -0.39 is 0 Å². The molecule has 19 heavy (non-hydrogen) atoms. The lowest BCUT2D eigenvalue weighted by molar-refractivity contribution is 0.0928. The predicted molar refractivity (Wildman–Crippen MR) is 79.7 cm³/mol. The van der Waals surface area contributed by atoms with E-state index >= 15 is 0 Å². The lowest BCUT2D eigenvalue weighted by Crippen LogP contribution is -2.37. The Bertz CT molecular complexity index is 449. The van der Waals surface area contributed by atoms with Crippen molar-refractivity contribution in [3.63, 3.8) is 0 Å². The molecule has 1 aromatic heterocycles. The standard InChI is InChI=1S/C13H22N4OS/c1-8-4-6-9(7-5-8)15-12(18)10-11(14)16-13(19-10)17(2)3/h8-9H,4-7,14H2,1-3H3,(H,15,18). The third-order valence-corrected chi connectivity index (χ3v) is 4.82. The molecule has 1 fully saturated rings. The van der Waals surface area contributed by atoms with Gasteiger partial charge in [-0.2, -0.15) is 0 Å². The van der Waals surface area contributed by atoms with Gasteiger partial charge in [0.1, 0.15) is 10.7 Å². The molecule has 1 saturated carbocycles. The number of thiazole rings is 1. The van der Waals surface area contributed by atoms with E-state index in [9.17, 15) is 4.79 Å². The third kappa shape index (κ3) is 3.37. The fourth-order valence-corrected chi connectivity index (χ4v) is 3.14. The first-order chi connectivity index (χ1) is 8.97. The van der Waals surface area contributed by atoms with E-state index in [2.05, 4.69) is 17.2 Å². The van der Waals surface area contributed by atoms with E-state index in [1.807, 2.05) is 19.0 Å². The van der Waals surface area contributed by atoms with Gasteiger partial charge >= 0.3 is 0 Å². The molecule has 0 saturated heterocycles. The number of rotatable bonds is 3. The summed E-state index contributed by atoms with van der Waals surface area (Å²) in [6.07, 6.45) is 4.50. The lowest BCUT2D eigenvalue weighted by atomic mass is 9.87. The Balaban J connectivity index is 2.00. The largest absolute Gasteiger partial charge is 0.382 e. The SMILES string of the molecule is CC1CCC(NC(=O)c2sc(N(C)C)nc2N)CC1. The minimum Gasteiger partial charge on any atom is -0.382 e. The molecule has 106 valence electrons. The van der Waals surface area contributed by atoms with E-state index in [1.165, 1.54) is 24.2 Å². The summed E-state index contributed by atoms with van der Waals surface area (Å²) in [5.74, 6) is 1.03. The van der Waals surface area contributed by atoms with Crippen LogP contribution in [-0.4, -0.2) is 31.0 Å². The Morgan fingerprint density at radius 3 is 2.53 bits per heavy atom. The smallest absolute Gasteiger partial charge is 0.265 e. The second kappa shape index (κ2) is 5.77. The number of nitrogens with one attached hydrogen (secondary N) is 1. The summed E-state index contributed by atoms with van der Waals surface area (Å²) >= 11 is 1.34. The van der Waals surface area contributed by atoms with Crippen molar-refractivity contribution in [3.05, 3.63) is 4.88 Å². The maximum atomic E-state index is 12.2. The number of anilines is 2. The van der Waals surface area contributed by atoms with Crippen LogP contribution in [0.3, 0.4) is 0 Å². The van der Waals surface area contributed by atoms with E-state index in [1.54, 1.807) is 0 Å². The van der Waals surface area contributed by atoms with E-state index in [0.29, 0.717) is 10.7 Å². The maximum absolute atomic E-state index is 12.2. The van der Waals surface area contributed by atoms with Crippen molar-refractivity contribution in [3.8, 4) is 0 Å². The van der Waals surface area contributed by atoms with Gasteiger partial charge in [-0.15, -0.1) is 0 Å². The second-order valence-electron chi connectivity index (χ2n) is 5.54. The molecule has 1 aromatic rings. The molecule has 0 bridgehead atoms. The molecule has 2 rings (SSSR count). The van der Waals surface area contributed by atoms with Gasteiger partial charge in [0.25, 0.3) is 5.91 Å². The molecule has 0 unspecified atom stereocenters. The highest BCUT2D eigenvalue weighted by molar-refractivity contribution is 7.18. The minimum absolute atomic E-state index is 0.0809. The zero-order valence-electron chi connectivity index (χ0n) is 11.8. The zero-order chi connectivity index (χ0) is 14.0. The summed E-state index contributed by atoms with van der Waals surface area (Å²) in [4.78, 5) is 18.8. The van der Waals surface area contributed by atoms with Gasteiger partial charge in [-0.1, -0.05) is 18.3 Å². The van der Waals surface area contributed by atoms with Crippen LogP contribution in [0, 0.1) is 5.92 Å². The molecule has 0 aliphatic heterocycles. The molecule has 6 heteroatoms. The lowest BCUT2D eigenvalue weighted by Gasteiger charge is -2.26. The zero-order valence-corrected chi connectivity index (χ0v) is 12.6. The van der Waals surface area contributed by atoms with E-state index in [0.717, 1.165) is 23.9 Å². The number of hydrogen-bond donors (Lipinski definition) is 2. The second-order valence-corrected chi connectivity index (χ2v) is 6.51. The summed E-state index contributed by atoms with van der Waals surface area (Å²) in [6, 6.07) is 0.285.